The number of anilines is 1. The lowest BCUT2D eigenvalue weighted by atomic mass is 10.2. The maximum atomic E-state index is 12.3. The molecule has 0 bridgehead atoms. The quantitative estimate of drug-likeness (QED) is 0.800. The number of sulfonamides is 1. The van der Waals surface area contributed by atoms with Crippen LogP contribution in [0.3, 0.4) is 0 Å². The summed E-state index contributed by atoms with van der Waals surface area (Å²) in [6.45, 7) is 0. The zero-order valence-corrected chi connectivity index (χ0v) is 12.7. The third-order valence-corrected chi connectivity index (χ3v) is 5.65. The fourth-order valence-electron chi connectivity index (χ4n) is 1.91. The summed E-state index contributed by atoms with van der Waals surface area (Å²) in [6, 6.07) is 10.4. The van der Waals surface area contributed by atoms with Gasteiger partial charge in [0.25, 0.3) is 10.0 Å². The van der Waals surface area contributed by atoms with Crippen molar-refractivity contribution in [3.05, 3.63) is 48.1 Å². The summed E-state index contributed by atoms with van der Waals surface area (Å²) in [5, 5.41) is 9.57. The Hall–Kier alpha value is -2.19. The van der Waals surface area contributed by atoms with Gasteiger partial charge >= 0.3 is 0 Å². The van der Waals surface area contributed by atoms with Crippen molar-refractivity contribution in [2.75, 3.05) is 4.72 Å². The number of benzene rings is 1. The highest BCUT2D eigenvalue weighted by atomic mass is 32.2. The van der Waals surface area contributed by atoms with Crippen molar-refractivity contribution < 1.29 is 8.42 Å². The second kappa shape index (κ2) is 5.30. The van der Waals surface area contributed by atoms with Crippen LogP contribution in [0.25, 0.3) is 11.4 Å². The summed E-state index contributed by atoms with van der Waals surface area (Å²) >= 11 is 1.17. The maximum absolute atomic E-state index is 12.3. The minimum atomic E-state index is -3.59. The van der Waals surface area contributed by atoms with E-state index in [1.807, 2.05) is 6.07 Å². The van der Waals surface area contributed by atoms with Crippen molar-refractivity contribution in [2.24, 2.45) is 7.05 Å². The molecule has 6 nitrogen and oxygen atoms in total. The highest BCUT2D eigenvalue weighted by Crippen LogP contribution is 2.28. The summed E-state index contributed by atoms with van der Waals surface area (Å²) in [4.78, 5) is 0. The van der Waals surface area contributed by atoms with Crippen LogP contribution in [0.4, 0.5) is 5.69 Å². The Balaban J connectivity index is 2.03. The number of nitrogens with one attached hydrogen (secondary N) is 1. The second-order valence-corrected chi connectivity index (χ2v) is 7.21. The topological polar surface area (TPSA) is 76.9 Å². The van der Waals surface area contributed by atoms with Crippen LogP contribution in [-0.2, 0) is 17.1 Å². The Morgan fingerprint density at radius 2 is 2.00 bits per heavy atom. The van der Waals surface area contributed by atoms with Crippen LogP contribution in [0.2, 0.25) is 0 Å². The van der Waals surface area contributed by atoms with Crippen molar-refractivity contribution in [3.63, 3.8) is 0 Å². The standard InChI is InChI=1S/C13H12N4O2S2/c1-17-9-14-15-13(17)10-5-2-3-6-11(10)16-21(18,19)12-7-4-8-20-12/h2-9,16H,1H3. The molecule has 2 aromatic heterocycles. The fourth-order valence-corrected chi connectivity index (χ4v) is 3.98. The minimum Gasteiger partial charge on any atom is -0.317 e. The van der Waals surface area contributed by atoms with Gasteiger partial charge in [-0.2, -0.15) is 0 Å². The predicted molar refractivity (Wildman–Crippen MR) is 81.6 cm³/mol. The van der Waals surface area contributed by atoms with Gasteiger partial charge in [0, 0.05) is 12.6 Å². The average Bonchev–Trinajstić information content (AvgIpc) is 3.10. The zero-order valence-electron chi connectivity index (χ0n) is 11.1. The van der Waals surface area contributed by atoms with Crippen LogP contribution in [0.5, 0.6) is 0 Å². The summed E-state index contributed by atoms with van der Waals surface area (Å²) in [6.07, 6.45) is 1.57. The van der Waals surface area contributed by atoms with Crippen LogP contribution >= 0.6 is 11.3 Å². The number of para-hydroxylation sites is 1. The Kier molecular flexibility index (Phi) is 3.48. The molecule has 3 aromatic rings. The second-order valence-electron chi connectivity index (χ2n) is 4.35. The molecule has 0 aliphatic carbocycles. The molecule has 1 aromatic carbocycles. The highest BCUT2D eigenvalue weighted by molar-refractivity contribution is 7.94. The molecule has 108 valence electrons. The van der Waals surface area contributed by atoms with E-state index in [0.717, 1.165) is 0 Å². The van der Waals surface area contributed by atoms with Crippen LogP contribution in [0, 0.1) is 0 Å². The Bertz CT molecular complexity index is 854. The van der Waals surface area contributed by atoms with E-state index in [1.54, 1.807) is 53.7 Å². The van der Waals surface area contributed by atoms with Gasteiger partial charge in [-0.05, 0) is 23.6 Å². The van der Waals surface area contributed by atoms with Gasteiger partial charge in [-0.3, -0.25) is 4.72 Å². The molecule has 21 heavy (non-hydrogen) atoms. The summed E-state index contributed by atoms with van der Waals surface area (Å²) in [5.74, 6) is 0.597. The summed E-state index contributed by atoms with van der Waals surface area (Å²) in [7, 11) is -1.78. The van der Waals surface area contributed by atoms with Crippen LogP contribution in [-0.4, -0.2) is 23.2 Å². The van der Waals surface area contributed by atoms with E-state index >= 15 is 0 Å². The molecule has 0 amide bonds. The average molecular weight is 320 g/mol. The number of thiophene rings is 1. The minimum absolute atomic E-state index is 0.273. The highest BCUT2D eigenvalue weighted by Gasteiger charge is 2.18. The first kappa shape index (κ1) is 13.8. The smallest absolute Gasteiger partial charge is 0.271 e. The molecular formula is C13H12N4O2S2. The molecule has 0 fully saturated rings. The molecular weight excluding hydrogens is 308 g/mol. The van der Waals surface area contributed by atoms with Gasteiger partial charge in [-0.1, -0.05) is 18.2 Å². The molecule has 8 heteroatoms. The molecule has 0 unspecified atom stereocenters. The van der Waals surface area contributed by atoms with E-state index < -0.39 is 10.0 Å². The molecule has 0 atom stereocenters. The molecule has 1 N–H and O–H groups in total. The molecule has 0 saturated heterocycles. The van der Waals surface area contributed by atoms with E-state index in [9.17, 15) is 8.42 Å². The fraction of sp³-hybridized carbons (Fsp3) is 0.0769. The lowest BCUT2D eigenvalue weighted by Gasteiger charge is -2.11. The number of aryl methyl sites for hydroxylation is 1. The number of rotatable bonds is 4. The van der Waals surface area contributed by atoms with Crippen LogP contribution < -0.4 is 4.72 Å². The third-order valence-electron chi connectivity index (χ3n) is 2.88. The molecule has 0 aliphatic heterocycles. The molecule has 0 radical (unpaired) electrons. The van der Waals surface area contributed by atoms with E-state index in [0.29, 0.717) is 17.1 Å². The van der Waals surface area contributed by atoms with Gasteiger partial charge in [0.1, 0.15) is 10.5 Å². The molecule has 2 heterocycles. The van der Waals surface area contributed by atoms with Crippen molar-refractivity contribution in [1.82, 2.24) is 14.8 Å². The van der Waals surface area contributed by atoms with Crippen molar-refractivity contribution >= 4 is 27.0 Å². The largest absolute Gasteiger partial charge is 0.317 e. The Morgan fingerprint density at radius 1 is 1.19 bits per heavy atom. The zero-order chi connectivity index (χ0) is 14.9. The van der Waals surface area contributed by atoms with Gasteiger partial charge < -0.3 is 4.57 Å². The number of aromatic nitrogens is 3. The molecule has 0 spiro atoms. The molecule has 0 aliphatic rings. The SMILES string of the molecule is Cn1cnnc1-c1ccccc1NS(=O)(=O)c1cccs1. The van der Waals surface area contributed by atoms with Crippen LogP contribution in [0.1, 0.15) is 0 Å². The normalized spacial score (nSPS) is 11.5. The van der Waals surface area contributed by atoms with Gasteiger partial charge in [-0.15, -0.1) is 21.5 Å². The maximum Gasteiger partial charge on any atom is 0.271 e. The van der Waals surface area contributed by atoms with Crippen LogP contribution in [0.15, 0.2) is 52.3 Å². The number of hydrogen-bond donors (Lipinski definition) is 1. The van der Waals surface area contributed by atoms with E-state index in [2.05, 4.69) is 14.9 Å². The van der Waals surface area contributed by atoms with Crippen molar-refractivity contribution in [2.45, 2.75) is 4.21 Å². The first-order chi connectivity index (χ1) is 10.1. The van der Waals surface area contributed by atoms with Crippen molar-refractivity contribution in [1.29, 1.82) is 0 Å². The van der Waals surface area contributed by atoms with Gasteiger partial charge in [0.15, 0.2) is 5.82 Å². The first-order valence-corrected chi connectivity index (χ1v) is 8.44. The van der Waals surface area contributed by atoms with Gasteiger partial charge in [0.2, 0.25) is 0 Å². The number of nitrogens with zero attached hydrogens (tertiary/aromatic N) is 3. The van der Waals surface area contributed by atoms with E-state index in [1.165, 1.54) is 11.3 Å². The van der Waals surface area contributed by atoms with Crippen molar-refractivity contribution in [3.8, 4) is 11.4 Å². The lowest BCUT2D eigenvalue weighted by molar-refractivity contribution is 0.603. The predicted octanol–water partition coefficient (Wildman–Crippen LogP) is 2.34. The van der Waals surface area contributed by atoms with Gasteiger partial charge in [0.05, 0.1) is 5.69 Å². The van der Waals surface area contributed by atoms with E-state index in [4.69, 9.17) is 0 Å². The first-order valence-electron chi connectivity index (χ1n) is 6.07. The molecule has 0 saturated carbocycles. The Morgan fingerprint density at radius 3 is 2.67 bits per heavy atom. The number of hydrogen-bond acceptors (Lipinski definition) is 5. The Labute approximate surface area is 126 Å². The van der Waals surface area contributed by atoms with Gasteiger partial charge in [-0.25, -0.2) is 8.42 Å². The summed E-state index contributed by atoms with van der Waals surface area (Å²) in [5.41, 5.74) is 1.15. The lowest BCUT2D eigenvalue weighted by Crippen LogP contribution is -2.12. The monoisotopic (exact) mass is 320 g/mol. The molecule has 3 rings (SSSR count). The third kappa shape index (κ3) is 2.67. The van der Waals surface area contributed by atoms with E-state index in [-0.39, 0.29) is 4.21 Å². The summed E-state index contributed by atoms with van der Waals surface area (Å²) < 4.78 is 29.3.